The Kier molecular flexibility index (Phi) is 5.49. The molecule has 0 radical (unpaired) electrons. The molecule has 154 valence electrons. The lowest BCUT2D eigenvalue weighted by molar-refractivity contribution is 0.756. The normalized spacial score (nSPS) is 11.3. The van der Waals surface area contributed by atoms with Gasteiger partial charge in [0.25, 0.3) is 5.56 Å². The van der Waals surface area contributed by atoms with Crippen molar-refractivity contribution in [1.29, 1.82) is 0 Å². The summed E-state index contributed by atoms with van der Waals surface area (Å²) in [6.45, 7) is 0. The summed E-state index contributed by atoms with van der Waals surface area (Å²) < 4.78 is 1.61. The van der Waals surface area contributed by atoms with E-state index in [9.17, 15) is 4.79 Å². The Morgan fingerprint density at radius 2 is 1.87 bits per heavy atom. The van der Waals surface area contributed by atoms with Crippen LogP contribution in [0.2, 0.25) is 10.0 Å². The van der Waals surface area contributed by atoms with Crippen LogP contribution < -0.4 is 5.56 Å². The summed E-state index contributed by atoms with van der Waals surface area (Å²) in [4.78, 5) is 21.0. The first-order chi connectivity index (χ1) is 15.1. The molecule has 11 heteroatoms. The van der Waals surface area contributed by atoms with Gasteiger partial charge >= 0.3 is 0 Å². The average Bonchev–Trinajstić information content (AvgIpc) is 3.40. The van der Waals surface area contributed by atoms with E-state index >= 15 is 0 Å². The molecule has 0 aliphatic heterocycles. The number of hydrogen-bond acceptors (Lipinski definition) is 7. The summed E-state index contributed by atoms with van der Waals surface area (Å²) >= 11 is 15.1. The van der Waals surface area contributed by atoms with Crippen LogP contribution >= 0.6 is 46.3 Å². The van der Waals surface area contributed by atoms with Crippen molar-refractivity contribution in [2.45, 2.75) is 10.9 Å². The van der Waals surface area contributed by atoms with Crippen molar-refractivity contribution in [2.24, 2.45) is 0 Å². The van der Waals surface area contributed by atoms with Gasteiger partial charge in [-0.3, -0.25) is 4.79 Å². The Bertz CT molecular complexity index is 1440. The molecule has 0 fully saturated rings. The Labute approximate surface area is 194 Å². The smallest absolute Gasteiger partial charge is 0.260 e. The summed E-state index contributed by atoms with van der Waals surface area (Å²) in [7, 11) is 0. The number of tetrazole rings is 1. The standard InChI is InChI=1S/C20H12Cl2N6OS2/c21-11-5-7-12(8-6-11)28-20(25-26-27-28)31-10-16-23-18(29)17-14(9-30-19(17)24-16)13-3-1-2-4-15(13)22/h1-9H,10H2,(H,23,24,29). The number of nitrogens with one attached hydrogen (secondary N) is 1. The fraction of sp³-hybridized carbons (Fsp3) is 0.0500. The lowest BCUT2D eigenvalue weighted by atomic mass is 10.1. The van der Waals surface area contributed by atoms with Gasteiger partial charge < -0.3 is 4.98 Å². The van der Waals surface area contributed by atoms with Crippen LogP contribution in [0.5, 0.6) is 0 Å². The second-order valence-electron chi connectivity index (χ2n) is 6.46. The summed E-state index contributed by atoms with van der Waals surface area (Å²) in [5.41, 5.74) is 2.18. The fourth-order valence-corrected chi connectivity index (χ4v) is 5.17. The largest absolute Gasteiger partial charge is 0.309 e. The average molecular weight is 487 g/mol. The molecule has 0 saturated carbocycles. The van der Waals surface area contributed by atoms with Gasteiger partial charge in [-0.05, 0) is 40.8 Å². The molecule has 5 aromatic rings. The molecule has 0 atom stereocenters. The molecule has 2 aromatic carbocycles. The Balaban J connectivity index is 1.43. The number of halogens is 2. The number of benzene rings is 2. The minimum absolute atomic E-state index is 0.200. The van der Waals surface area contributed by atoms with Crippen molar-refractivity contribution in [3.05, 3.63) is 80.1 Å². The highest BCUT2D eigenvalue weighted by Crippen LogP contribution is 2.35. The summed E-state index contributed by atoms with van der Waals surface area (Å²) in [5, 5.41) is 16.1. The number of H-pyrrole nitrogens is 1. The highest BCUT2D eigenvalue weighted by Gasteiger charge is 2.16. The number of thiophene rings is 1. The van der Waals surface area contributed by atoms with E-state index in [1.165, 1.54) is 23.1 Å². The number of fused-ring (bicyclic) bond motifs is 1. The minimum Gasteiger partial charge on any atom is -0.309 e. The molecule has 1 N–H and O–H groups in total. The van der Waals surface area contributed by atoms with Crippen LogP contribution in [0.15, 0.2) is 63.9 Å². The van der Waals surface area contributed by atoms with Crippen LogP contribution in [0.25, 0.3) is 27.0 Å². The van der Waals surface area contributed by atoms with Crippen LogP contribution in [0, 0.1) is 0 Å². The summed E-state index contributed by atoms with van der Waals surface area (Å²) in [6.07, 6.45) is 0. The number of rotatable bonds is 5. The SMILES string of the molecule is O=c1[nH]c(CSc2nnnn2-c2ccc(Cl)cc2)nc2scc(-c3ccccc3Cl)c12. The molecule has 0 saturated heterocycles. The molecule has 3 heterocycles. The molecule has 3 aromatic heterocycles. The maximum Gasteiger partial charge on any atom is 0.260 e. The van der Waals surface area contributed by atoms with Gasteiger partial charge in [0.2, 0.25) is 5.16 Å². The number of hydrogen-bond donors (Lipinski definition) is 1. The topological polar surface area (TPSA) is 89.4 Å². The van der Waals surface area contributed by atoms with Crippen LogP contribution in [0.3, 0.4) is 0 Å². The maximum absolute atomic E-state index is 12.8. The molecule has 7 nitrogen and oxygen atoms in total. The third-order valence-electron chi connectivity index (χ3n) is 4.51. The van der Waals surface area contributed by atoms with E-state index in [0.29, 0.717) is 37.0 Å². The highest BCUT2D eigenvalue weighted by atomic mass is 35.5. The van der Waals surface area contributed by atoms with E-state index in [1.54, 1.807) is 22.9 Å². The van der Waals surface area contributed by atoms with Gasteiger partial charge in [0.15, 0.2) is 0 Å². The first-order valence-electron chi connectivity index (χ1n) is 9.02. The predicted octanol–water partition coefficient (Wildman–Crippen LogP) is 5.23. The van der Waals surface area contributed by atoms with E-state index < -0.39 is 0 Å². The Morgan fingerprint density at radius 3 is 2.68 bits per heavy atom. The third-order valence-corrected chi connectivity index (χ3v) is 6.89. The number of nitrogens with zero attached hydrogens (tertiary/aromatic N) is 5. The van der Waals surface area contributed by atoms with Crippen molar-refractivity contribution in [2.75, 3.05) is 0 Å². The van der Waals surface area contributed by atoms with Crippen molar-refractivity contribution < 1.29 is 0 Å². The molecular formula is C20H12Cl2N6OS2. The lowest BCUT2D eigenvalue weighted by Gasteiger charge is -2.05. The molecular weight excluding hydrogens is 475 g/mol. The van der Waals surface area contributed by atoms with E-state index in [-0.39, 0.29) is 5.56 Å². The second-order valence-corrected chi connectivity index (χ2v) is 9.10. The van der Waals surface area contributed by atoms with Crippen LogP contribution in [0.1, 0.15) is 5.82 Å². The van der Waals surface area contributed by atoms with E-state index in [1.807, 2.05) is 35.7 Å². The quantitative estimate of drug-likeness (QED) is 0.342. The molecule has 0 spiro atoms. The van der Waals surface area contributed by atoms with Gasteiger partial charge in [-0.1, -0.05) is 53.2 Å². The first-order valence-corrected chi connectivity index (χ1v) is 11.6. The molecule has 0 aliphatic carbocycles. The van der Waals surface area contributed by atoms with Crippen molar-refractivity contribution in [1.82, 2.24) is 30.2 Å². The monoisotopic (exact) mass is 486 g/mol. The summed E-state index contributed by atoms with van der Waals surface area (Å²) in [6, 6.07) is 14.6. The molecule has 5 rings (SSSR count). The molecule has 0 unspecified atom stereocenters. The molecule has 31 heavy (non-hydrogen) atoms. The van der Waals surface area contributed by atoms with Crippen LogP contribution in [0.4, 0.5) is 0 Å². The predicted molar refractivity (Wildman–Crippen MR) is 124 cm³/mol. The van der Waals surface area contributed by atoms with Gasteiger partial charge in [0.05, 0.1) is 16.8 Å². The molecule has 0 aliphatic rings. The van der Waals surface area contributed by atoms with Crippen molar-refractivity contribution in [3.63, 3.8) is 0 Å². The zero-order valence-corrected chi connectivity index (χ0v) is 18.8. The minimum atomic E-state index is -0.200. The highest BCUT2D eigenvalue weighted by molar-refractivity contribution is 7.98. The van der Waals surface area contributed by atoms with Crippen LogP contribution in [-0.2, 0) is 5.75 Å². The number of aromatic nitrogens is 6. The Hall–Kier alpha value is -2.72. The third kappa shape index (κ3) is 3.97. The van der Waals surface area contributed by atoms with Gasteiger partial charge in [-0.2, -0.15) is 4.68 Å². The van der Waals surface area contributed by atoms with Gasteiger partial charge in [0, 0.05) is 26.6 Å². The van der Waals surface area contributed by atoms with Crippen molar-refractivity contribution >= 4 is 56.5 Å². The lowest BCUT2D eigenvalue weighted by Crippen LogP contribution is -2.11. The van der Waals surface area contributed by atoms with E-state index in [2.05, 4.69) is 25.5 Å². The van der Waals surface area contributed by atoms with E-state index in [0.717, 1.165) is 16.8 Å². The first kappa shape index (κ1) is 20.2. The van der Waals surface area contributed by atoms with Crippen LogP contribution in [-0.4, -0.2) is 30.2 Å². The van der Waals surface area contributed by atoms with Gasteiger partial charge in [-0.15, -0.1) is 16.4 Å². The van der Waals surface area contributed by atoms with E-state index in [4.69, 9.17) is 23.2 Å². The van der Waals surface area contributed by atoms with Gasteiger partial charge in [-0.25, -0.2) is 4.98 Å². The fourth-order valence-electron chi connectivity index (χ4n) is 3.09. The van der Waals surface area contributed by atoms with Gasteiger partial charge in [0.1, 0.15) is 10.7 Å². The maximum atomic E-state index is 12.8. The zero-order valence-electron chi connectivity index (χ0n) is 15.6. The van der Waals surface area contributed by atoms with Crippen molar-refractivity contribution in [3.8, 4) is 16.8 Å². The second kappa shape index (κ2) is 8.43. The number of aromatic amines is 1. The molecule has 0 amide bonds. The zero-order chi connectivity index (χ0) is 21.4. The molecule has 0 bridgehead atoms. The Morgan fingerprint density at radius 1 is 1.06 bits per heavy atom. The number of thioether (sulfide) groups is 1. The summed E-state index contributed by atoms with van der Waals surface area (Å²) in [5.74, 6) is 0.944.